The number of nitriles is 1. The molecule has 1 unspecified atom stereocenters. The number of benzene rings is 1. The number of hydrogen-bond acceptors (Lipinski definition) is 3. The van der Waals surface area contributed by atoms with Gasteiger partial charge in [0.2, 0.25) is 0 Å². The van der Waals surface area contributed by atoms with E-state index in [0.29, 0.717) is 12.2 Å². The summed E-state index contributed by atoms with van der Waals surface area (Å²) in [5, 5.41) is 8.77. The lowest BCUT2D eigenvalue weighted by Crippen LogP contribution is -2.45. The fourth-order valence-corrected chi connectivity index (χ4v) is 1.33. The van der Waals surface area contributed by atoms with Crippen LogP contribution in [0.2, 0.25) is 0 Å². The third-order valence-corrected chi connectivity index (χ3v) is 2.07. The van der Waals surface area contributed by atoms with Gasteiger partial charge in [-0.05, 0) is 25.1 Å². The highest BCUT2D eigenvalue weighted by molar-refractivity contribution is 5.46. The summed E-state index contributed by atoms with van der Waals surface area (Å²) >= 11 is 0. The zero-order valence-corrected chi connectivity index (χ0v) is 8.87. The van der Waals surface area contributed by atoms with Crippen molar-refractivity contribution >= 4 is 5.69 Å². The van der Waals surface area contributed by atoms with Crippen LogP contribution in [0, 0.1) is 17.1 Å². The number of nitrogens with zero attached hydrogens (tertiary/aromatic N) is 2. The van der Waals surface area contributed by atoms with Crippen molar-refractivity contribution in [2.45, 2.75) is 12.5 Å². The van der Waals surface area contributed by atoms with Gasteiger partial charge < -0.3 is 10.6 Å². The molecule has 0 radical (unpaired) electrons. The lowest BCUT2D eigenvalue weighted by molar-refractivity contribution is 0.589. The molecule has 1 rings (SSSR count). The second-order valence-corrected chi connectivity index (χ2v) is 3.87. The summed E-state index contributed by atoms with van der Waals surface area (Å²) in [5.74, 6) is -0.296. The van der Waals surface area contributed by atoms with E-state index in [0.717, 1.165) is 0 Å². The minimum absolute atomic E-state index is 0.296. The van der Waals surface area contributed by atoms with E-state index in [2.05, 4.69) is 0 Å². The van der Waals surface area contributed by atoms with Gasteiger partial charge in [-0.2, -0.15) is 5.26 Å². The van der Waals surface area contributed by atoms with Crippen molar-refractivity contribution in [3.63, 3.8) is 0 Å². The minimum atomic E-state index is -0.929. The molecule has 80 valence electrons. The van der Waals surface area contributed by atoms with Crippen LogP contribution in [0.15, 0.2) is 24.3 Å². The number of anilines is 1. The Morgan fingerprint density at radius 3 is 2.80 bits per heavy atom. The fraction of sp³-hybridized carbons (Fsp3) is 0.364. The average molecular weight is 207 g/mol. The topological polar surface area (TPSA) is 53.0 Å². The lowest BCUT2D eigenvalue weighted by Gasteiger charge is -2.26. The Morgan fingerprint density at radius 2 is 2.27 bits per heavy atom. The Kier molecular flexibility index (Phi) is 3.28. The summed E-state index contributed by atoms with van der Waals surface area (Å²) in [6.45, 7) is 2.00. The number of likely N-dealkylation sites (N-methyl/N-ethyl adjacent to an activating group) is 1. The molecule has 1 atom stereocenters. The molecule has 0 saturated heterocycles. The monoisotopic (exact) mass is 207 g/mol. The number of nitrogens with two attached hydrogens (primary N) is 1. The van der Waals surface area contributed by atoms with Crippen molar-refractivity contribution in [3.05, 3.63) is 30.1 Å². The number of rotatable bonds is 3. The van der Waals surface area contributed by atoms with Gasteiger partial charge in [0.15, 0.2) is 0 Å². The van der Waals surface area contributed by atoms with Crippen molar-refractivity contribution < 1.29 is 4.39 Å². The van der Waals surface area contributed by atoms with Crippen molar-refractivity contribution in [1.29, 1.82) is 5.26 Å². The van der Waals surface area contributed by atoms with Gasteiger partial charge in [-0.15, -0.1) is 0 Å². The third kappa shape index (κ3) is 3.22. The van der Waals surface area contributed by atoms with E-state index in [1.54, 1.807) is 31.0 Å². The predicted molar refractivity (Wildman–Crippen MR) is 57.9 cm³/mol. The van der Waals surface area contributed by atoms with Crippen LogP contribution in [-0.2, 0) is 0 Å². The molecule has 0 aliphatic carbocycles. The summed E-state index contributed by atoms with van der Waals surface area (Å²) in [4.78, 5) is 1.76. The summed E-state index contributed by atoms with van der Waals surface area (Å²) in [5.41, 5.74) is 5.48. The van der Waals surface area contributed by atoms with Crippen LogP contribution < -0.4 is 10.6 Å². The predicted octanol–water partition coefficient (Wildman–Crippen LogP) is 1.50. The van der Waals surface area contributed by atoms with Crippen molar-refractivity contribution in [3.8, 4) is 6.07 Å². The molecule has 0 aliphatic heterocycles. The molecule has 0 bridgehead atoms. The molecule has 3 nitrogen and oxygen atoms in total. The SMILES string of the molecule is CN(CC(C)(N)C#N)c1cccc(F)c1. The molecule has 4 heteroatoms. The largest absolute Gasteiger partial charge is 0.372 e. The van der Waals surface area contributed by atoms with Gasteiger partial charge in [0.05, 0.1) is 6.07 Å². The highest BCUT2D eigenvalue weighted by Gasteiger charge is 2.19. The van der Waals surface area contributed by atoms with E-state index in [4.69, 9.17) is 11.0 Å². The minimum Gasteiger partial charge on any atom is -0.372 e. The van der Waals surface area contributed by atoms with Gasteiger partial charge >= 0.3 is 0 Å². The molecular weight excluding hydrogens is 193 g/mol. The Hall–Kier alpha value is -1.60. The smallest absolute Gasteiger partial charge is 0.125 e. The summed E-state index contributed by atoms with van der Waals surface area (Å²) in [6, 6.07) is 8.19. The molecule has 0 saturated carbocycles. The average Bonchev–Trinajstić information content (AvgIpc) is 2.17. The molecule has 0 fully saturated rings. The quantitative estimate of drug-likeness (QED) is 0.817. The van der Waals surface area contributed by atoms with E-state index in [1.165, 1.54) is 12.1 Å². The highest BCUT2D eigenvalue weighted by atomic mass is 19.1. The summed E-state index contributed by atoms with van der Waals surface area (Å²) in [6.07, 6.45) is 0. The van der Waals surface area contributed by atoms with Crippen LogP contribution in [0.5, 0.6) is 0 Å². The van der Waals surface area contributed by atoms with Gasteiger partial charge in [-0.25, -0.2) is 4.39 Å². The molecule has 0 heterocycles. The zero-order valence-electron chi connectivity index (χ0n) is 8.87. The zero-order chi connectivity index (χ0) is 11.5. The molecule has 1 aromatic carbocycles. The first-order chi connectivity index (χ1) is 6.94. The Bertz CT molecular complexity index is 382. The maximum atomic E-state index is 12.9. The second kappa shape index (κ2) is 4.28. The van der Waals surface area contributed by atoms with Crippen LogP contribution in [0.3, 0.4) is 0 Å². The van der Waals surface area contributed by atoms with E-state index >= 15 is 0 Å². The van der Waals surface area contributed by atoms with Crippen molar-refractivity contribution in [2.75, 3.05) is 18.5 Å². The molecule has 2 N–H and O–H groups in total. The van der Waals surface area contributed by atoms with Gasteiger partial charge in [-0.1, -0.05) is 6.07 Å². The highest BCUT2D eigenvalue weighted by Crippen LogP contribution is 2.15. The molecule has 0 spiro atoms. The van der Waals surface area contributed by atoms with Gasteiger partial charge in [0.1, 0.15) is 11.4 Å². The van der Waals surface area contributed by atoms with Gasteiger partial charge in [-0.3, -0.25) is 0 Å². The van der Waals surface area contributed by atoms with E-state index in [1.807, 2.05) is 6.07 Å². The van der Waals surface area contributed by atoms with Crippen LogP contribution in [0.25, 0.3) is 0 Å². The third-order valence-electron chi connectivity index (χ3n) is 2.07. The molecule has 1 aromatic rings. The van der Waals surface area contributed by atoms with Crippen molar-refractivity contribution in [2.24, 2.45) is 5.73 Å². The first-order valence-corrected chi connectivity index (χ1v) is 4.61. The van der Waals surface area contributed by atoms with Crippen LogP contribution >= 0.6 is 0 Å². The van der Waals surface area contributed by atoms with Crippen LogP contribution in [0.1, 0.15) is 6.92 Å². The fourth-order valence-electron chi connectivity index (χ4n) is 1.33. The first-order valence-electron chi connectivity index (χ1n) is 4.61. The van der Waals surface area contributed by atoms with Crippen molar-refractivity contribution in [1.82, 2.24) is 0 Å². The summed E-state index contributed by atoms with van der Waals surface area (Å²) in [7, 11) is 1.78. The molecule has 0 amide bonds. The lowest BCUT2D eigenvalue weighted by atomic mass is 10.1. The standard InChI is InChI=1S/C11H14FN3/c1-11(14,7-13)8-15(2)10-5-3-4-9(12)6-10/h3-6H,8,14H2,1-2H3. The molecule has 15 heavy (non-hydrogen) atoms. The summed E-state index contributed by atoms with van der Waals surface area (Å²) < 4.78 is 12.9. The van der Waals surface area contributed by atoms with E-state index < -0.39 is 5.54 Å². The first kappa shape index (κ1) is 11.5. The Balaban J connectivity index is 2.78. The van der Waals surface area contributed by atoms with Crippen LogP contribution in [-0.4, -0.2) is 19.1 Å². The Morgan fingerprint density at radius 1 is 1.60 bits per heavy atom. The van der Waals surface area contributed by atoms with E-state index in [-0.39, 0.29) is 5.82 Å². The molecule has 0 aliphatic rings. The maximum Gasteiger partial charge on any atom is 0.125 e. The number of hydrogen-bond donors (Lipinski definition) is 1. The second-order valence-electron chi connectivity index (χ2n) is 3.87. The maximum absolute atomic E-state index is 12.9. The van der Waals surface area contributed by atoms with Gasteiger partial charge in [0.25, 0.3) is 0 Å². The van der Waals surface area contributed by atoms with Gasteiger partial charge in [0, 0.05) is 19.3 Å². The van der Waals surface area contributed by atoms with E-state index in [9.17, 15) is 4.39 Å². The Labute approximate surface area is 88.9 Å². The molecular formula is C11H14FN3. The van der Waals surface area contributed by atoms with Crippen LogP contribution in [0.4, 0.5) is 10.1 Å². The normalized spacial score (nSPS) is 14.1. The number of halogens is 1. The molecule has 0 aromatic heterocycles.